The summed E-state index contributed by atoms with van der Waals surface area (Å²) in [6, 6.07) is 0. The van der Waals surface area contributed by atoms with Gasteiger partial charge in [0.2, 0.25) is 0 Å². The van der Waals surface area contributed by atoms with Gasteiger partial charge in [-0.05, 0) is 20.8 Å². The van der Waals surface area contributed by atoms with Crippen LogP contribution in [0.5, 0.6) is 0 Å². The first kappa shape index (κ1) is 10.9. The molecule has 0 aromatic heterocycles. The van der Waals surface area contributed by atoms with Crippen molar-refractivity contribution in [1.29, 1.82) is 0 Å². The van der Waals surface area contributed by atoms with E-state index in [1.54, 1.807) is 6.92 Å². The summed E-state index contributed by atoms with van der Waals surface area (Å²) in [6.07, 6.45) is 1.20. The molecule has 2 heterocycles. The summed E-state index contributed by atoms with van der Waals surface area (Å²) in [5, 5.41) is 0. The van der Waals surface area contributed by atoms with E-state index in [9.17, 15) is 4.79 Å². The van der Waals surface area contributed by atoms with Crippen LogP contribution in [0.15, 0.2) is 0 Å². The number of carbonyl (C=O) groups is 1. The van der Waals surface area contributed by atoms with Gasteiger partial charge in [0.1, 0.15) is 5.60 Å². The van der Waals surface area contributed by atoms with Crippen LogP contribution in [0, 0.1) is 0 Å². The summed E-state index contributed by atoms with van der Waals surface area (Å²) in [4.78, 5) is 11.5. The van der Waals surface area contributed by atoms with Crippen molar-refractivity contribution in [3.05, 3.63) is 0 Å². The molecule has 0 N–H and O–H groups in total. The zero-order valence-corrected chi connectivity index (χ0v) is 9.54. The van der Waals surface area contributed by atoms with Crippen molar-refractivity contribution in [3.63, 3.8) is 0 Å². The molecule has 1 spiro atoms. The highest BCUT2D eigenvalue weighted by molar-refractivity contribution is 5.79. The fraction of sp³-hybridized carbons (Fsp3) is 0.909. The number of hydrogen-bond donors (Lipinski definition) is 0. The van der Waals surface area contributed by atoms with Crippen molar-refractivity contribution in [2.45, 2.75) is 50.9 Å². The quantitative estimate of drug-likeness (QED) is 0.513. The van der Waals surface area contributed by atoms with Gasteiger partial charge in [-0.1, -0.05) is 0 Å². The Kier molecular flexibility index (Phi) is 2.51. The largest absolute Gasteiger partial charge is 0.464 e. The second kappa shape index (κ2) is 3.46. The van der Waals surface area contributed by atoms with Crippen LogP contribution in [0.4, 0.5) is 0 Å². The second-order valence-corrected chi connectivity index (χ2v) is 4.85. The predicted molar refractivity (Wildman–Crippen MR) is 53.5 cm³/mol. The van der Waals surface area contributed by atoms with Crippen LogP contribution in [-0.2, 0) is 19.0 Å². The number of carbonyl (C=O) groups excluding carboxylic acids is 1. The Morgan fingerprint density at radius 2 is 2.27 bits per heavy atom. The molecule has 2 aliphatic heterocycles. The van der Waals surface area contributed by atoms with E-state index in [1.807, 2.05) is 13.8 Å². The molecular formula is C11H18O4. The van der Waals surface area contributed by atoms with Crippen LogP contribution in [0.2, 0.25) is 0 Å². The summed E-state index contributed by atoms with van der Waals surface area (Å²) in [5.74, 6) is -0.227. The topological polar surface area (TPSA) is 48.1 Å². The molecule has 2 saturated heterocycles. The number of ether oxygens (including phenoxy) is 3. The highest BCUT2D eigenvalue weighted by Crippen LogP contribution is 2.49. The maximum atomic E-state index is 11.5. The van der Waals surface area contributed by atoms with Crippen molar-refractivity contribution in [2.75, 3.05) is 13.2 Å². The van der Waals surface area contributed by atoms with E-state index >= 15 is 0 Å². The molecule has 0 bridgehead atoms. The van der Waals surface area contributed by atoms with Gasteiger partial charge >= 0.3 is 5.97 Å². The first-order chi connectivity index (χ1) is 6.99. The molecule has 0 amide bonds. The molecule has 0 aromatic rings. The highest BCUT2D eigenvalue weighted by atomic mass is 16.7. The molecule has 4 heteroatoms. The van der Waals surface area contributed by atoms with E-state index in [1.165, 1.54) is 0 Å². The minimum Gasteiger partial charge on any atom is -0.464 e. The van der Waals surface area contributed by atoms with Crippen molar-refractivity contribution < 1.29 is 19.0 Å². The Hall–Kier alpha value is -0.610. The van der Waals surface area contributed by atoms with Gasteiger partial charge in [-0.15, -0.1) is 0 Å². The van der Waals surface area contributed by atoms with Gasteiger partial charge in [0.25, 0.3) is 0 Å². The minimum atomic E-state index is -0.361. The minimum absolute atomic E-state index is 0.195. The Balaban J connectivity index is 1.97. The summed E-state index contributed by atoms with van der Waals surface area (Å²) in [5.41, 5.74) is -0.493. The van der Waals surface area contributed by atoms with E-state index < -0.39 is 0 Å². The lowest BCUT2D eigenvalue weighted by molar-refractivity contribution is -0.144. The SMILES string of the molecule is CCOC(=O)C1OC12CCOC(C)(C)C2. The van der Waals surface area contributed by atoms with Crippen LogP contribution < -0.4 is 0 Å². The van der Waals surface area contributed by atoms with Gasteiger partial charge in [-0.2, -0.15) is 0 Å². The highest BCUT2D eigenvalue weighted by Gasteiger charge is 2.64. The van der Waals surface area contributed by atoms with E-state index in [0.29, 0.717) is 13.2 Å². The van der Waals surface area contributed by atoms with E-state index in [0.717, 1.165) is 12.8 Å². The van der Waals surface area contributed by atoms with Gasteiger partial charge < -0.3 is 14.2 Å². The van der Waals surface area contributed by atoms with Crippen LogP contribution >= 0.6 is 0 Å². The molecule has 0 saturated carbocycles. The Morgan fingerprint density at radius 1 is 1.53 bits per heavy atom. The summed E-state index contributed by atoms with van der Waals surface area (Å²) >= 11 is 0. The average molecular weight is 214 g/mol. The molecule has 2 aliphatic rings. The number of rotatable bonds is 2. The molecule has 0 aliphatic carbocycles. The summed E-state index contributed by atoms with van der Waals surface area (Å²) in [7, 11) is 0. The van der Waals surface area contributed by atoms with Gasteiger partial charge in [-0.3, -0.25) is 0 Å². The number of esters is 1. The first-order valence-corrected chi connectivity index (χ1v) is 5.47. The molecule has 15 heavy (non-hydrogen) atoms. The standard InChI is InChI=1S/C11H18O4/c1-4-13-9(12)8-11(15-8)5-6-14-10(2,3)7-11/h8H,4-7H2,1-3H3. The predicted octanol–water partition coefficient (Wildman–Crippen LogP) is 1.28. The van der Waals surface area contributed by atoms with Crippen molar-refractivity contribution >= 4 is 5.97 Å². The van der Waals surface area contributed by atoms with Crippen molar-refractivity contribution in [3.8, 4) is 0 Å². The monoisotopic (exact) mass is 214 g/mol. The average Bonchev–Trinajstić information content (AvgIpc) is 2.77. The van der Waals surface area contributed by atoms with Gasteiger partial charge in [-0.25, -0.2) is 4.79 Å². The molecule has 2 fully saturated rings. The summed E-state index contributed by atoms with van der Waals surface area (Å²) in [6.45, 7) is 6.92. The van der Waals surface area contributed by atoms with E-state index in [2.05, 4.69) is 0 Å². The molecular weight excluding hydrogens is 196 g/mol. The molecule has 4 nitrogen and oxygen atoms in total. The zero-order valence-electron chi connectivity index (χ0n) is 9.54. The third-order valence-corrected chi connectivity index (χ3v) is 3.02. The molecule has 86 valence electrons. The van der Waals surface area contributed by atoms with Crippen LogP contribution in [-0.4, -0.2) is 36.5 Å². The molecule has 2 atom stereocenters. The summed E-state index contributed by atoms with van der Waals surface area (Å²) < 4.78 is 16.1. The third-order valence-electron chi connectivity index (χ3n) is 3.02. The number of hydrogen-bond acceptors (Lipinski definition) is 4. The Morgan fingerprint density at radius 3 is 2.87 bits per heavy atom. The van der Waals surface area contributed by atoms with E-state index in [-0.39, 0.29) is 23.3 Å². The molecule has 2 rings (SSSR count). The Bertz CT molecular complexity index is 274. The van der Waals surface area contributed by atoms with Crippen molar-refractivity contribution in [1.82, 2.24) is 0 Å². The smallest absolute Gasteiger partial charge is 0.338 e. The van der Waals surface area contributed by atoms with Crippen LogP contribution in [0.3, 0.4) is 0 Å². The lowest BCUT2D eigenvalue weighted by Crippen LogP contribution is -2.41. The lowest BCUT2D eigenvalue weighted by Gasteiger charge is -2.34. The Labute approximate surface area is 89.9 Å². The van der Waals surface area contributed by atoms with Gasteiger partial charge in [0.15, 0.2) is 6.10 Å². The van der Waals surface area contributed by atoms with Crippen molar-refractivity contribution in [2.24, 2.45) is 0 Å². The third kappa shape index (κ3) is 2.01. The van der Waals surface area contributed by atoms with Crippen LogP contribution in [0.1, 0.15) is 33.6 Å². The fourth-order valence-electron chi connectivity index (χ4n) is 2.37. The maximum Gasteiger partial charge on any atom is 0.338 e. The normalized spacial score (nSPS) is 37.7. The van der Waals surface area contributed by atoms with Crippen LogP contribution in [0.25, 0.3) is 0 Å². The second-order valence-electron chi connectivity index (χ2n) is 4.85. The van der Waals surface area contributed by atoms with Gasteiger partial charge in [0.05, 0.1) is 18.8 Å². The fourth-order valence-corrected chi connectivity index (χ4v) is 2.37. The maximum absolute atomic E-state index is 11.5. The molecule has 0 radical (unpaired) electrons. The van der Waals surface area contributed by atoms with Gasteiger partial charge in [0, 0.05) is 12.8 Å². The molecule has 2 unspecified atom stereocenters. The van der Waals surface area contributed by atoms with E-state index in [4.69, 9.17) is 14.2 Å². The first-order valence-electron chi connectivity index (χ1n) is 5.47. The number of epoxide rings is 1. The molecule has 0 aromatic carbocycles. The lowest BCUT2D eigenvalue weighted by atomic mass is 9.86. The zero-order chi connectivity index (χ0) is 11.1.